The van der Waals surface area contributed by atoms with Gasteiger partial charge in [-0.15, -0.1) is 11.3 Å². The van der Waals surface area contributed by atoms with Gasteiger partial charge in [0.1, 0.15) is 11.7 Å². The molecule has 10 heteroatoms. The molecule has 0 N–H and O–H groups in total. The van der Waals surface area contributed by atoms with Gasteiger partial charge in [-0.3, -0.25) is 9.59 Å². The predicted octanol–water partition coefficient (Wildman–Crippen LogP) is 3.90. The number of thiophene rings is 1. The maximum Gasteiger partial charge on any atom is 0.416 e. The Morgan fingerprint density at radius 3 is 2.47 bits per heavy atom. The number of hydrogen-bond acceptors (Lipinski definition) is 5. The fraction of sp³-hybridized carbons (Fsp3) is 0.318. The van der Waals surface area contributed by atoms with E-state index in [0.717, 1.165) is 17.0 Å². The Labute approximate surface area is 186 Å². The molecule has 0 bridgehead atoms. The second-order valence-corrected chi connectivity index (χ2v) is 8.46. The first-order chi connectivity index (χ1) is 15.2. The third-order valence-corrected chi connectivity index (χ3v) is 6.35. The van der Waals surface area contributed by atoms with E-state index in [2.05, 4.69) is 5.10 Å². The summed E-state index contributed by atoms with van der Waals surface area (Å²) in [6.07, 6.45) is -4.40. The van der Waals surface area contributed by atoms with Gasteiger partial charge in [-0.25, -0.2) is 4.68 Å². The Balaban J connectivity index is 1.45. The summed E-state index contributed by atoms with van der Waals surface area (Å²) >= 11 is 1.49. The van der Waals surface area contributed by atoms with Crippen molar-refractivity contribution in [3.63, 3.8) is 0 Å². The smallest absolute Gasteiger partial charge is 0.368 e. The molecule has 32 heavy (non-hydrogen) atoms. The summed E-state index contributed by atoms with van der Waals surface area (Å²) in [6.45, 7) is 3.13. The molecule has 3 heterocycles. The number of amides is 1. The molecular formula is C22H21F3N4O2S. The van der Waals surface area contributed by atoms with E-state index in [9.17, 15) is 22.8 Å². The van der Waals surface area contributed by atoms with Crippen LogP contribution in [-0.2, 0) is 11.0 Å². The number of carbonyl (C=O) groups is 1. The summed E-state index contributed by atoms with van der Waals surface area (Å²) < 4.78 is 40.2. The highest BCUT2D eigenvalue weighted by Crippen LogP contribution is 2.32. The van der Waals surface area contributed by atoms with Crippen LogP contribution >= 0.6 is 11.3 Å². The number of rotatable bonds is 4. The van der Waals surface area contributed by atoms with Crippen molar-refractivity contribution in [3.05, 3.63) is 69.8 Å². The molecular weight excluding hydrogens is 441 g/mol. The molecule has 1 unspecified atom stereocenters. The standard InChI is InChI=1S/C22H21F3N4O2S/c1-15(29-20(30)8-7-18(26-29)19-6-3-13-32-19)21(31)28-11-9-27(10-12-28)17-5-2-4-16(14-17)22(23,24)25/h2-8,13-15H,9-12H2,1H3. The normalized spacial score (nSPS) is 15.6. The fourth-order valence-corrected chi connectivity index (χ4v) is 4.38. The molecule has 0 saturated carbocycles. The Morgan fingerprint density at radius 1 is 1.06 bits per heavy atom. The number of nitrogens with zero attached hydrogens (tertiary/aromatic N) is 4. The Hall–Kier alpha value is -3.14. The molecule has 0 aliphatic carbocycles. The van der Waals surface area contributed by atoms with E-state index >= 15 is 0 Å². The number of carbonyl (C=O) groups excluding carboxylic acids is 1. The molecule has 1 amide bonds. The van der Waals surface area contributed by atoms with Crippen LogP contribution in [0.1, 0.15) is 18.5 Å². The van der Waals surface area contributed by atoms with E-state index in [4.69, 9.17) is 0 Å². The third-order valence-electron chi connectivity index (χ3n) is 5.45. The van der Waals surface area contributed by atoms with Crippen LogP contribution < -0.4 is 10.5 Å². The highest BCUT2D eigenvalue weighted by atomic mass is 32.1. The first-order valence-corrected chi connectivity index (χ1v) is 11.0. The number of anilines is 1. The van der Waals surface area contributed by atoms with Gasteiger partial charge in [-0.2, -0.15) is 18.3 Å². The van der Waals surface area contributed by atoms with Crippen molar-refractivity contribution in [1.29, 1.82) is 0 Å². The van der Waals surface area contributed by atoms with Crippen molar-refractivity contribution in [2.45, 2.75) is 19.1 Å². The largest absolute Gasteiger partial charge is 0.416 e. The maximum absolute atomic E-state index is 13.0. The summed E-state index contributed by atoms with van der Waals surface area (Å²) in [7, 11) is 0. The molecule has 4 rings (SSSR count). The minimum absolute atomic E-state index is 0.244. The van der Waals surface area contributed by atoms with E-state index in [-0.39, 0.29) is 11.5 Å². The minimum Gasteiger partial charge on any atom is -0.368 e. The van der Waals surface area contributed by atoms with Gasteiger partial charge in [0.25, 0.3) is 5.56 Å². The lowest BCUT2D eigenvalue weighted by molar-refractivity contribution is -0.137. The zero-order valence-electron chi connectivity index (χ0n) is 17.2. The monoisotopic (exact) mass is 462 g/mol. The summed E-state index contributed by atoms with van der Waals surface area (Å²) in [4.78, 5) is 29.7. The number of benzene rings is 1. The molecule has 1 aromatic carbocycles. The van der Waals surface area contributed by atoms with Gasteiger partial charge in [0.2, 0.25) is 5.91 Å². The molecule has 2 aromatic heterocycles. The van der Waals surface area contributed by atoms with Crippen molar-refractivity contribution in [2.75, 3.05) is 31.1 Å². The predicted molar refractivity (Wildman–Crippen MR) is 117 cm³/mol. The summed E-state index contributed by atoms with van der Waals surface area (Å²) in [6, 6.07) is 11.2. The first-order valence-electron chi connectivity index (χ1n) is 10.1. The first kappa shape index (κ1) is 22.1. The second-order valence-electron chi connectivity index (χ2n) is 7.52. The van der Waals surface area contributed by atoms with Crippen LogP contribution in [0.4, 0.5) is 18.9 Å². The Bertz CT molecular complexity index is 1150. The molecule has 1 aliphatic rings. The SMILES string of the molecule is CC(C(=O)N1CCN(c2cccc(C(F)(F)F)c2)CC1)n1nc(-c2cccs2)ccc1=O. The van der Waals surface area contributed by atoms with Gasteiger partial charge in [-0.05, 0) is 42.6 Å². The minimum atomic E-state index is -4.40. The molecule has 1 saturated heterocycles. The van der Waals surface area contributed by atoms with Gasteiger partial charge in [0.05, 0.1) is 10.4 Å². The van der Waals surface area contributed by atoms with Crippen molar-refractivity contribution >= 4 is 22.9 Å². The molecule has 0 spiro atoms. The van der Waals surface area contributed by atoms with Crippen LogP contribution in [0, 0.1) is 0 Å². The highest BCUT2D eigenvalue weighted by Gasteiger charge is 2.32. The Morgan fingerprint density at radius 2 is 1.81 bits per heavy atom. The number of alkyl halides is 3. The van der Waals surface area contributed by atoms with E-state index < -0.39 is 17.8 Å². The van der Waals surface area contributed by atoms with E-state index in [1.807, 2.05) is 22.4 Å². The van der Waals surface area contributed by atoms with Gasteiger partial charge in [0, 0.05) is 37.9 Å². The maximum atomic E-state index is 13.0. The number of aromatic nitrogens is 2. The summed E-state index contributed by atoms with van der Waals surface area (Å²) in [5.41, 5.74) is 0.0297. The van der Waals surface area contributed by atoms with E-state index in [1.54, 1.807) is 24.0 Å². The molecule has 1 aliphatic heterocycles. The Kier molecular flexibility index (Phi) is 6.05. The quantitative estimate of drug-likeness (QED) is 0.590. The van der Waals surface area contributed by atoms with Gasteiger partial charge >= 0.3 is 6.18 Å². The number of halogens is 3. The average Bonchev–Trinajstić information content (AvgIpc) is 3.33. The van der Waals surface area contributed by atoms with Crippen molar-refractivity contribution in [3.8, 4) is 10.6 Å². The lowest BCUT2D eigenvalue weighted by atomic mass is 10.1. The molecule has 0 radical (unpaired) electrons. The number of hydrogen-bond donors (Lipinski definition) is 0. The van der Waals surface area contributed by atoms with Crippen LogP contribution in [0.3, 0.4) is 0 Å². The van der Waals surface area contributed by atoms with Crippen LogP contribution in [0.25, 0.3) is 10.6 Å². The van der Waals surface area contributed by atoms with Gasteiger partial charge < -0.3 is 9.80 Å². The van der Waals surface area contributed by atoms with Crippen molar-refractivity contribution in [2.24, 2.45) is 0 Å². The summed E-state index contributed by atoms with van der Waals surface area (Å²) in [5, 5.41) is 6.28. The molecule has 3 aromatic rings. The van der Waals surface area contributed by atoms with Crippen LogP contribution in [-0.4, -0.2) is 46.8 Å². The van der Waals surface area contributed by atoms with E-state index in [0.29, 0.717) is 37.6 Å². The van der Waals surface area contributed by atoms with Crippen LogP contribution in [0.2, 0.25) is 0 Å². The topological polar surface area (TPSA) is 58.4 Å². The second kappa shape index (κ2) is 8.78. The molecule has 1 atom stereocenters. The van der Waals surface area contributed by atoms with Crippen molar-refractivity contribution in [1.82, 2.24) is 14.7 Å². The average molecular weight is 462 g/mol. The zero-order valence-corrected chi connectivity index (χ0v) is 18.1. The molecule has 1 fully saturated rings. The van der Waals surface area contributed by atoms with Crippen LogP contribution in [0.5, 0.6) is 0 Å². The highest BCUT2D eigenvalue weighted by molar-refractivity contribution is 7.13. The van der Waals surface area contributed by atoms with Crippen molar-refractivity contribution < 1.29 is 18.0 Å². The summed E-state index contributed by atoms with van der Waals surface area (Å²) in [5.74, 6) is -0.244. The third kappa shape index (κ3) is 4.55. The van der Waals surface area contributed by atoms with Gasteiger partial charge in [0.15, 0.2) is 0 Å². The zero-order chi connectivity index (χ0) is 22.9. The lowest BCUT2D eigenvalue weighted by Crippen LogP contribution is -2.51. The van der Waals surface area contributed by atoms with E-state index in [1.165, 1.54) is 28.2 Å². The molecule has 6 nitrogen and oxygen atoms in total. The van der Waals surface area contributed by atoms with Crippen LogP contribution in [0.15, 0.2) is 58.7 Å². The van der Waals surface area contributed by atoms with Gasteiger partial charge in [-0.1, -0.05) is 12.1 Å². The molecule has 168 valence electrons. The lowest BCUT2D eigenvalue weighted by Gasteiger charge is -2.37. The fourth-order valence-electron chi connectivity index (χ4n) is 3.69. The number of piperazine rings is 1.